The number of nitrogens with zero attached hydrogens (tertiary/aromatic N) is 3. The molecule has 1 N–H and O–H groups in total. The van der Waals surface area contributed by atoms with Crippen molar-refractivity contribution < 1.29 is 0 Å². The molecule has 0 amide bonds. The molecule has 96 valence electrons. The summed E-state index contributed by atoms with van der Waals surface area (Å²) in [5.74, 6) is 0.833. The molecule has 1 fully saturated rings. The van der Waals surface area contributed by atoms with Gasteiger partial charge in [-0.1, -0.05) is 0 Å². The second kappa shape index (κ2) is 5.65. The molecule has 2 rings (SSSR count). The first-order valence-electron chi connectivity index (χ1n) is 6.57. The van der Waals surface area contributed by atoms with E-state index < -0.39 is 0 Å². The monoisotopic (exact) mass is 236 g/mol. The molecule has 4 heteroatoms. The lowest BCUT2D eigenvalue weighted by Crippen LogP contribution is -2.40. The third-order valence-corrected chi connectivity index (χ3v) is 3.95. The van der Waals surface area contributed by atoms with Crippen molar-refractivity contribution in [1.29, 1.82) is 0 Å². The molecule has 0 bridgehead atoms. The average Bonchev–Trinajstić information content (AvgIpc) is 2.75. The highest BCUT2D eigenvalue weighted by Gasteiger charge is 2.23. The number of likely N-dealkylation sites (tertiary alicyclic amines) is 1. The van der Waals surface area contributed by atoms with Gasteiger partial charge in [0.1, 0.15) is 0 Å². The van der Waals surface area contributed by atoms with Crippen molar-refractivity contribution in [2.75, 3.05) is 20.1 Å². The van der Waals surface area contributed by atoms with Gasteiger partial charge in [0.05, 0.1) is 5.69 Å². The van der Waals surface area contributed by atoms with Crippen LogP contribution in [0.25, 0.3) is 0 Å². The van der Waals surface area contributed by atoms with Gasteiger partial charge in [-0.25, -0.2) is 0 Å². The first kappa shape index (κ1) is 12.6. The molecule has 1 aromatic heterocycles. The largest absolute Gasteiger partial charge is 0.317 e. The molecule has 17 heavy (non-hydrogen) atoms. The van der Waals surface area contributed by atoms with Crippen LogP contribution in [0.4, 0.5) is 0 Å². The molecule has 1 aliphatic heterocycles. The van der Waals surface area contributed by atoms with E-state index in [2.05, 4.69) is 35.4 Å². The Morgan fingerprint density at radius 2 is 2.18 bits per heavy atom. The fourth-order valence-electron chi connectivity index (χ4n) is 2.62. The normalized spacial score (nSPS) is 20.6. The SMILES string of the molecule is CNC(C)C1CCN(Cc2ccn(C)n2)CC1. The number of aromatic nitrogens is 2. The first-order chi connectivity index (χ1) is 8.19. The number of rotatable bonds is 4. The third kappa shape index (κ3) is 3.30. The molecular weight excluding hydrogens is 212 g/mol. The van der Waals surface area contributed by atoms with Crippen LogP contribution in [-0.2, 0) is 13.6 Å². The topological polar surface area (TPSA) is 33.1 Å². The Bertz CT molecular complexity index is 339. The Morgan fingerprint density at radius 1 is 1.47 bits per heavy atom. The standard InChI is InChI=1S/C13H24N4/c1-11(14-2)12-4-8-17(9-5-12)10-13-6-7-16(3)15-13/h6-7,11-12,14H,4-5,8-10H2,1-3H3. The van der Waals surface area contributed by atoms with Gasteiger partial charge in [-0.3, -0.25) is 9.58 Å². The van der Waals surface area contributed by atoms with Gasteiger partial charge in [-0.15, -0.1) is 0 Å². The van der Waals surface area contributed by atoms with Gasteiger partial charge >= 0.3 is 0 Å². The van der Waals surface area contributed by atoms with Gasteiger partial charge in [0.15, 0.2) is 0 Å². The molecule has 0 saturated carbocycles. The average molecular weight is 236 g/mol. The van der Waals surface area contributed by atoms with Crippen molar-refractivity contribution in [2.24, 2.45) is 13.0 Å². The molecule has 1 aliphatic rings. The maximum absolute atomic E-state index is 4.44. The molecule has 0 spiro atoms. The van der Waals surface area contributed by atoms with Crippen molar-refractivity contribution >= 4 is 0 Å². The summed E-state index contributed by atoms with van der Waals surface area (Å²) < 4.78 is 1.88. The highest BCUT2D eigenvalue weighted by Crippen LogP contribution is 2.21. The van der Waals surface area contributed by atoms with Crippen molar-refractivity contribution in [3.05, 3.63) is 18.0 Å². The summed E-state index contributed by atoms with van der Waals surface area (Å²) >= 11 is 0. The minimum absolute atomic E-state index is 0.645. The van der Waals surface area contributed by atoms with Gasteiger partial charge < -0.3 is 5.32 Å². The molecule has 1 unspecified atom stereocenters. The van der Waals surface area contributed by atoms with Crippen LogP contribution in [0.3, 0.4) is 0 Å². The first-order valence-corrected chi connectivity index (χ1v) is 6.57. The summed E-state index contributed by atoms with van der Waals surface area (Å²) in [6.07, 6.45) is 4.62. The summed E-state index contributed by atoms with van der Waals surface area (Å²) in [6.45, 7) is 5.70. The second-order valence-electron chi connectivity index (χ2n) is 5.17. The van der Waals surface area contributed by atoms with Crippen molar-refractivity contribution in [1.82, 2.24) is 20.0 Å². The summed E-state index contributed by atoms with van der Waals surface area (Å²) in [5.41, 5.74) is 1.19. The van der Waals surface area contributed by atoms with E-state index in [1.165, 1.54) is 31.6 Å². The van der Waals surface area contributed by atoms with E-state index in [-0.39, 0.29) is 0 Å². The zero-order chi connectivity index (χ0) is 12.3. The Morgan fingerprint density at radius 3 is 2.71 bits per heavy atom. The van der Waals surface area contributed by atoms with Crippen LogP contribution < -0.4 is 5.32 Å². The van der Waals surface area contributed by atoms with E-state index in [9.17, 15) is 0 Å². The van der Waals surface area contributed by atoms with Crippen LogP contribution >= 0.6 is 0 Å². The van der Waals surface area contributed by atoms with Gasteiger partial charge in [0.2, 0.25) is 0 Å². The molecule has 1 atom stereocenters. The van der Waals surface area contributed by atoms with Crippen LogP contribution in [0.15, 0.2) is 12.3 Å². The Kier molecular flexibility index (Phi) is 4.18. The smallest absolute Gasteiger partial charge is 0.0764 e. The molecule has 1 saturated heterocycles. The van der Waals surface area contributed by atoms with E-state index in [1.807, 2.05) is 17.9 Å². The molecule has 0 radical (unpaired) electrons. The summed E-state index contributed by atoms with van der Waals surface area (Å²) in [4.78, 5) is 2.52. The van der Waals surface area contributed by atoms with E-state index in [0.717, 1.165) is 12.5 Å². The Labute approximate surface area is 104 Å². The fraction of sp³-hybridized carbons (Fsp3) is 0.769. The van der Waals surface area contributed by atoms with E-state index in [1.54, 1.807) is 0 Å². The van der Waals surface area contributed by atoms with Gasteiger partial charge in [0, 0.05) is 25.8 Å². The van der Waals surface area contributed by atoms with Crippen molar-refractivity contribution in [2.45, 2.75) is 32.4 Å². The lowest BCUT2D eigenvalue weighted by atomic mass is 9.90. The summed E-state index contributed by atoms with van der Waals surface area (Å²) in [6, 6.07) is 2.76. The highest BCUT2D eigenvalue weighted by molar-refractivity contribution is 4.98. The van der Waals surface area contributed by atoms with Crippen LogP contribution in [0, 0.1) is 5.92 Å². The van der Waals surface area contributed by atoms with E-state index in [4.69, 9.17) is 0 Å². The molecule has 0 aliphatic carbocycles. The maximum Gasteiger partial charge on any atom is 0.0764 e. The van der Waals surface area contributed by atoms with Gasteiger partial charge in [-0.05, 0) is 51.9 Å². The Balaban J connectivity index is 1.79. The van der Waals surface area contributed by atoms with Gasteiger partial charge in [0.25, 0.3) is 0 Å². The predicted octanol–water partition coefficient (Wildman–Crippen LogP) is 1.24. The van der Waals surface area contributed by atoms with E-state index in [0.29, 0.717) is 6.04 Å². The van der Waals surface area contributed by atoms with Crippen LogP contribution in [0.5, 0.6) is 0 Å². The predicted molar refractivity (Wildman–Crippen MR) is 69.7 cm³/mol. The van der Waals surface area contributed by atoms with Gasteiger partial charge in [-0.2, -0.15) is 5.10 Å². The highest BCUT2D eigenvalue weighted by atomic mass is 15.3. The Hall–Kier alpha value is -0.870. The maximum atomic E-state index is 4.44. The third-order valence-electron chi connectivity index (χ3n) is 3.95. The second-order valence-corrected chi connectivity index (χ2v) is 5.17. The number of hydrogen-bond donors (Lipinski definition) is 1. The number of aryl methyl sites for hydroxylation is 1. The van der Waals surface area contributed by atoms with Crippen molar-refractivity contribution in [3.63, 3.8) is 0 Å². The van der Waals surface area contributed by atoms with E-state index >= 15 is 0 Å². The molecule has 2 heterocycles. The summed E-state index contributed by atoms with van der Waals surface area (Å²) in [7, 11) is 4.04. The minimum atomic E-state index is 0.645. The zero-order valence-corrected chi connectivity index (χ0v) is 11.2. The fourth-order valence-corrected chi connectivity index (χ4v) is 2.62. The lowest BCUT2D eigenvalue weighted by Gasteiger charge is -2.34. The zero-order valence-electron chi connectivity index (χ0n) is 11.2. The quantitative estimate of drug-likeness (QED) is 0.854. The molecule has 1 aromatic rings. The lowest BCUT2D eigenvalue weighted by molar-refractivity contribution is 0.157. The minimum Gasteiger partial charge on any atom is -0.317 e. The number of hydrogen-bond acceptors (Lipinski definition) is 3. The van der Waals surface area contributed by atoms with Crippen LogP contribution in [0.2, 0.25) is 0 Å². The van der Waals surface area contributed by atoms with Crippen molar-refractivity contribution in [3.8, 4) is 0 Å². The molecule has 4 nitrogen and oxygen atoms in total. The number of piperidine rings is 1. The summed E-state index contributed by atoms with van der Waals surface area (Å²) in [5, 5.41) is 7.81. The van der Waals surface area contributed by atoms with Crippen LogP contribution in [0.1, 0.15) is 25.5 Å². The molecular formula is C13H24N4. The number of nitrogens with one attached hydrogen (secondary N) is 1. The van der Waals surface area contributed by atoms with Crippen LogP contribution in [-0.4, -0.2) is 40.9 Å². The molecule has 0 aromatic carbocycles.